The molecule has 0 aliphatic rings. The van der Waals surface area contributed by atoms with Crippen molar-refractivity contribution >= 4 is 11.9 Å². The van der Waals surface area contributed by atoms with Gasteiger partial charge in [0.15, 0.2) is 0 Å². The van der Waals surface area contributed by atoms with E-state index in [9.17, 15) is 9.59 Å². The summed E-state index contributed by atoms with van der Waals surface area (Å²) in [7, 11) is 0. The maximum Gasteiger partial charge on any atom is 0.373 e. The Morgan fingerprint density at radius 2 is 1.60 bits per heavy atom. The molecule has 0 heterocycles. The second-order valence-electron chi connectivity index (χ2n) is 3.09. The molecule has 0 fully saturated rings. The molecule has 0 aromatic heterocycles. The molecule has 15 heavy (non-hydrogen) atoms. The number of benzene rings is 1. The second kappa shape index (κ2) is 4.10. The van der Waals surface area contributed by atoms with Gasteiger partial charge in [0.25, 0.3) is 0 Å². The van der Waals surface area contributed by atoms with Crippen LogP contribution >= 0.6 is 0 Å². The fourth-order valence-electron chi connectivity index (χ4n) is 1.32. The zero-order valence-electron chi connectivity index (χ0n) is 8.27. The van der Waals surface area contributed by atoms with Crippen LogP contribution in [0, 0.1) is 13.8 Å². The van der Waals surface area contributed by atoms with Crippen molar-refractivity contribution < 1.29 is 24.8 Å². The SMILES string of the molecule is Cc1c(C(=O)O)ccc(C(=O)OO)c1C. The summed E-state index contributed by atoms with van der Waals surface area (Å²) in [6.07, 6.45) is 0. The molecule has 2 N–H and O–H groups in total. The number of hydrogen-bond donors (Lipinski definition) is 2. The van der Waals surface area contributed by atoms with Gasteiger partial charge in [-0.25, -0.2) is 9.59 Å². The highest BCUT2D eigenvalue weighted by molar-refractivity contribution is 5.95. The van der Waals surface area contributed by atoms with Gasteiger partial charge in [0, 0.05) is 0 Å². The van der Waals surface area contributed by atoms with Crippen molar-refractivity contribution in [3.63, 3.8) is 0 Å². The zero-order chi connectivity index (χ0) is 11.6. The predicted molar refractivity (Wildman–Crippen MR) is 50.9 cm³/mol. The van der Waals surface area contributed by atoms with E-state index in [2.05, 4.69) is 4.89 Å². The van der Waals surface area contributed by atoms with Crippen LogP contribution in [0.5, 0.6) is 0 Å². The summed E-state index contributed by atoms with van der Waals surface area (Å²) in [6.45, 7) is 3.18. The molecular formula is C10H10O5. The number of carbonyl (C=O) groups is 2. The summed E-state index contributed by atoms with van der Waals surface area (Å²) in [5, 5.41) is 17.0. The van der Waals surface area contributed by atoms with Crippen molar-refractivity contribution in [2.75, 3.05) is 0 Å². The van der Waals surface area contributed by atoms with Gasteiger partial charge in [-0.3, -0.25) is 4.89 Å². The fourth-order valence-corrected chi connectivity index (χ4v) is 1.32. The standard InChI is InChI=1S/C10H10O5/c1-5-6(2)8(10(13)15-14)4-3-7(5)9(11)12/h3-4,14H,1-2H3,(H,11,12). The van der Waals surface area contributed by atoms with Crippen LogP contribution in [0.25, 0.3) is 0 Å². The summed E-state index contributed by atoms with van der Waals surface area (Å²) in [4.78, 5) is 25.4. The van der Waals surface area contributed by atoms with Gasteiger partial charge in [0.2, 0.25) is 0 Å². The highest BCUT2D eigenvalue weighted by Gasteiger charge is 2.16. The van der Waals surface area contributed by atoms with Crippen molar-refractivity contribution in [3.05, 3.63) is 34.4 Å². The Balaban J connectivity index is 3.33. The molecule has 0 atom stereocenters. The number of carboxylic acid groups (broad SMARTS) is 1. The quantitative estimate of drug-likeness (QED) is 0.572. The minimum atomic E-state index is -1.06. The van der Waals surface area contributed by atoms with E-state index in [0.29, 0.717) is 11.1 Å². The van der Waals surface area contributed by atoms with Crippen molar-refractivity contribution in [2.24, 2.45) is 0 Å². The highest BCUT2D eigenvalue weighted by Crippen LogP contribution is 2.18. The van der Waals surface area contributed by atoms with Crippen LogP contribution in [-0.4, -0.2) is 22.3 Å². The van der Waals surface area contributed by atoms with Crippen LogP contribution in [0.4, 0.5) is 0 Å². The minimum absolute atomic E-state index is 0.127. The Morgan fingerprint density at radius 1 is 1.13 bits per heavy atom. The number of carboxylic acids is 1. The number of carbonyl (C=O) groups excluding carboxylic acids is 1. The van der Waals surface area contributed by atoms with Gasteiger partial charge in [-0.05, 0) is 37.1 Å². The van der Waals surface area contributed by atoms with Gasteiger partial charge in [-0.1, -0.05) is 0 Å². The predicted octanol–water partition coefficient (Wildman–Crippen LogP) is 1.63. The zero-order valence-corrected chi connectivity index (χ0v) is 8.27. The molecule has 0 bridgehead atoms. The molecule has 5 nitrogen and oxygen atoms in total. The van der Waals surface area contributed by atoms with Gasteiger partial charge >= 0.3 is 11.9 Å². The monoisotopic (exact) mass is 210 g/mol. The molecule has 0 aliphatic heterocycles. The molecular weight excluding hydrogens is 200 g/mol. The highest BCUT2D eigenvalue weighted by atomic mass is 17.1. The minimum Gasteiger partial charge on any atom is -0.478 e. The molecule has 5 heteroatoms. The van der Waals surface area contributed by atoms with Gasteiger partial charge in [-0.15, -0.1) is 0 Å². The summed E-state index contributed by atoms with van der Waals surface area (Å²) in [5.74, 6) is -1.95. The van der Waals surface area contributed by atoms with E-state index in [1.165, 1.54) is 12.1 Å². The molecule has 0 amide bonds. The Morgan fingerprint density at radius 3 is 2.07 bits per heavy atom. The van der Waals surface area contributed by atoms with Crippen LogP contribution in [0.15, 0.2) is 12.1 Å². The molecule has 80 valence electrons. The van der Waals surface area contributed by atoms with Crippen LogP contribution in [0.1, 0.15) is 31.8 Å². The van der Waals surface area contributed by atoms with Crippen LogP contribution in [0.2, 0.25) is 0 Å². The third-order valence-corrected chi connectivity index (χ3v) is 2.32. The average Bonchev–Trinajstić information content (AvgIpc) is 2.20. The van der Waals surface area contributed by atoms with Crippen LogP contribution in [0.3, 0.4) is 0 Å². The molecule has 0 unspecified atom stereocenters. The third kappa shape index (κ3) is 1.97. The largest absolute Gasteiger partial charge is 0.478 e. The molecule has 1 aromatic rings. The van der Waals surface area contributed by atoms with E-state index < -0.39 is 11.9 Å². The molecule has 0 radical (unpaired) electrons. The van der Waals surface area contributed by atoms with E-state index in [0.717, 1.165) is 0 Å². The van der Waals surface area contributed by atoms with Crippen molar-refractivity contribution in [1.29, 1.82) is 0 Å². The van der Waals surface area contributed by atoms with Gasteiger partial charge in [0.1, 0.15) is 0 Å². The maximum atomic E-state index is 11.0. The first kappa shape index (κ1) is 11.2. The molecule has 0 saturated heterocycles. The van der Waals surface area contributed by atoms with E-state index in [1.807, 2.05) is 0 Å². The topological polar surface area (TPSA) is 83.8 Å². The van der Waals surface area contributed by atoms with E-state index in [-0.39, 0.29) is 11.1 Å². The third-order valence-electron chi connectivity index (χ3n) is 2.32. The Bertz CT molecular complexity index is 422. The summed E-state index contributed by atoms with van der Waals surface area (Å²) >= 11 is 0. The van der Waals surface area contributed by atoms with Gasteiger partial charge < -0.3 is 5.11 Å². The lowest BCUT2D eigenvalue weighted by atomic mass is 9.98. The first-order valence-electron chi connectivity index (χ1n) is 4.18. The van der Waals surface area contributed by atoms with E-state index in [1.54, 1.807) is 13.8 Å². The number of hydrogen-bond acceptors (Lipinski definition) is 4. The lowest BCUT2D eigenvalue weighted by Crippen LogP contribution is -2.09. The fraction of sp³-hybridized carbons (Fsp3) is 0.200. The lowest BCUT2D eigenvalue weighted by Gasteiger charge is -2.08. The van der Waals surface area contributed by atoms with E-state index >= 15 is 0 Å². The van der Waals surface area contributed by atoms with E-state index in [4.69, 9.17) is 10.4 Å². The van der Waals surface area contributed by atoms with Crippen LogP contribution < -0.4 is 0 Å². The average molecular weight is 210 g/mol. The molecule has 0 saturated carbocycles. The Labute approximate surface area is 85.8 Å². The van der Waals surface area contributed by atoms with Crippen LogP contribution in [-0.2, 0) is 4.89 Å². The lowest BCUT2D eigenvalue weighted by molar-refractivity contribution is -0.182. The summed E-state index contributed by atoms with van der Waals surface area (Å²) in [6, 6.07) is 2.61. The molecule has 0 aliphatic carbocycles. The number of rotatable bonds is 2. The first-order valence-corrected chi connectivity index (χ1v) is 4.18. The Kier molecular flexibility index (Phi) is 3.06. The van der Waals surface area contributed by atoms with Gasteiger partial charge in [0.05, 0.1) is 11.1 Å². The maximum absolute atomic E-state index is 11.0. The Hall–Kier alpha value is -1.88. The molecule has 1 aromatic carbocycles. The van der Waals surface area contributed by atoms with Crippen molar-refractivity contribution in [3.8, 4) is 0 Å². The van der Waals surface area contributed by atoms with Crippen molar-refractivity contribution in [2.45, 2.75) is 13.8 Å². The number of aromatic carboxylic acids is 1. The second-order valence-corrected chi connectivity index (χ2v) is 3.09. The molecule has 1 rings (SSSR count). The van der Waals surface area contributed by atoms with Crippen molar-refractivity contribution in [1.82, 2.24) is 0 Å². The first-order chi connectivity index (χ1) is 6.99. The van der Waals surface area contributed by atoms with Gasteiger partial charge in [-0.2, -0.15) is 5.26 Å². The summed E-state index contributed by atoms with van der Waals surface area (Å²) in [5.41, 5.74) is 1.24. The smallest absolute Gasteiger partial charge is 0.373 e. The summed E-state index contributed by atoms with van der Waals surface area (Å²) < 4.78 is 0. The normalized spacial score (nSPS) is 9.80. The molecule has 0 spiro atoms.